The number of sulfonamides is 1. The van der Waals surface area contributed by atoms with Crippen LogP contribution in [0.2, 0.25) is 0 Å². The maximum atomic E-state index is 13.0. The molecule has 0 unspecified atom stereocenters. The van der Waals surface area contributed by atoms with Crippen LogP contribution in [0.4, 0.5) is 5.69 Å². The van der Waals surface area contributed by atoms with E-state index in [4.69, 9.17) is 0 Å². The molecule has 1 atom stereocenters. The number of anilines is 1. The molecule has 1 fully saturated rings. The summed E-state index contributed by atoms with van der Waals surface area (Å²) in [5.41, 5.74) is 2.50. The van der Waals surface area contributed by atoms with Crippen molar-refractivity contribution < 1.29 is 8.42 Å². The molecule has 1 heterocycles. The first kappa shape index (κ1) is 23.6. The van der Waals surface area contributed by atoms with Crippen LogP contribution < -0.4 is 10.0 Å². The lowest BCUT2D eigenvalue weighted by atomic mass is 9.93. The fourth-order valence-electron chi connectivity index (χ4n) is 4.75. The number of nitrogens with zero attached hydrogens (tertiary/aromatic N) is 1. The van der Waals surface area contributed by atoms with Gasteiger partial charge in [0.25, 0.3) is 10.0 Å². The molecular formula is C27H35N3O2S. The number of aromatic nitrogens is 1. The lowest BCUT2D eigenvalue weighted by Crippen LogP contribution is -2.28. The Balaban J connectivity index is 1.39. The molecule has 0 bridgehead atoms. The predicted octanol–water partition coefficient (Wildman–Crippen LogP) is 6.12. The molecule has 1 saturated carbocycles. The standard InChI is InChI=1S/C27H35N3O2S/c1-22(20-23-10-4-2-3-5-11-23)28-21-24-12-6-7-13-27(24)29-33(31,32)26-16-14-25(15-17-26)30-18-8-9-19-30/h6-9,12-19,22-23,28-29H,2-5,10-11,20-21H2,1H3/t22-/m0/s1. The Bertz CT molecular complexity index is 1100. The average molecular weight is 466 g/mol. The minimum atomic E-state index is -3.67. The number of benzene rings is 2. The van der Waals surface area contributed by atoms with Gasteiger partial charge in [-0.05, 0) is 67.3 Å². The van der Waals surface area contributed by atoms with Crippen LogP contribution in [0.25, 0.3) is 5.69 Å². The number of para-hydroxylation sites is 1. The Morgan fingerprint density at radius 3 is 2.27 bits per heavy atom. The van der Waals surface area contributed by atoms with E-state index in [1.54, 1.807) is 12.1 Å². The van der Waals surface area contributed by atoms with Crippen LogP contribution in [-0.4, -0.2) is 19.0 Å². The summed E-state index contributed by atoms with van der Waals surface area (Å²) in [5.74, 6) is 0.804. The third-order valence-electron chi connectivity index (χ3n) is 6.61. The number of hydrogen-bond donors (Lipinski definition) is 2. The monoisotopic (exact) mass is 465 g/mol. The summed E-state index contributed by atoms with van der Waals surface area (Å²) in [6, 6.07) is 18.8. The quantitative estimate of drug-likeness (QED) is 0.374. The number of nitrogens with one attached hydrogen (secondary N) is 2. The van der Waals surface area contributed by atoms with Gasteiger partial charge in [-0.2, -0.15) is 0 Å². The van der Waals surface area contributed by atoms with Gasteiger partial charge in [0.2, 0.25) is 0 Å². The molecule has 2 N–H and O–H groups in total. The summed E-state index contributed by atoms with van der Waals surface area (Å²) < 4.78 is 30.8. The number of hydrogen-bond acceptors (Lipinski definition) is 3. The second-order valence-corrected chi connectivity index (χ2v) is 10.9. The Hall–Kier alpha value is -2.57. The molecule has 0 amide bonds. The van der Waals surface area contributed by atoms with Crippen molar-refractivity contribution >= 4 is 15.7 Å². The molecule has 6 heteroatoms. The van der Waals surface area contributed by atoms with Crippen molar-refractivity contribution in [3.05, 3.63) is 78.6 Å². The van der Waals surface area contributed by atoms with Gasteiger partial charge in [-0.3, -0.25) is 4.72 Å². The van der Waals surface area contributed by atoms with Crippen LogP contribution in [-0.2, 0) is 16.6 Å². The van der Waals surface area contributed by atoms with Crippen molar-refractivity contribution in [2.45, 2.75) is 69.4 Å². The van der Waals surface area contributed by atoms with E-state index in [9.17, 15) is 8.42 Å². The molecule has 176 valence electrons. The summed E-state index contributed by atoms with van der Waals surface area (Å²) in [6.45, 7) is 2.88. The average Bonchev–Trinajstić information content (AvgIpc) is 3.24. The number of rotatable bonds is 9. The highest BCUT2D eigenvalue weighted by molar-refractivity contribution is 7.92. The molecule has 0 saturated heterocycles. The zero-order valence-corrected chi connectivity index (χ0v) is 20.2. The highest BCUT2D eigenvalue weighted by Crippen LogP contribution is 2.27. The SMILES string of the molecule is C[C@@H](CC1CCCCCC1)NCc1ccccc1NS(=O)(=O)c1ccc(-n2cccc2)cc1. The maximum absolute atomic E-state index is 13.0. The minimum absolute atomic E-state index is 0.253. The van der Waals surface area contributed by atoms with Crippen LogP contribution >= 0.6 is 0 Å². The van der Waals surface area contributed by atoms with Gasteiger partial charge >= 0.3 is 0 Å². The maximum Gasteiger partial charge on any atom is 0.261 e. The minimum Gasteiger partial charge on any atom is -0.324 e. The van der Waals surface area contributed by atoms with Crippen LogP contribution in [0.5, 0.6) is 0 Å². The van der Waals surface area contributed by atoms with Gasteiger partial charge < -0.3 is 9.88 Å². The molecule has 0 spiro atoms. The molecule has 3 aromatic rings. The van der Waals surface area contributed by atoms with Crippen LogP contribution in [0.3, 0.4) is 0 Å². The van der Waals surface area contributed by atoms with E-state index < -0.39 is 10.0 Å². The van der Waals surface area contributed by atoms with E-state index in [0.717, 1.165) is 17.2 Å². The second-order valence-electron chi connectivity index (χ2n) is 9.22. The molecule has 2 aromatic carbocycles. The first-order valence-electron chi connectivity index (χ1n) is 12.1. The van der Waals surface area contributed by atoms with Gasteiger partial charge in [-0.25, -0.2) is 8.42 Å². The third kappa shape index (κ3) is 6.49. The zero-order valence-electron chi connectivity index (χ0n) is 19.4. The first-order chi connectivity index (χ1) is 16.0. The predicted molar refractivity (Wildman–Crippen MR) is 135 cm³/mol. The van der Waals surface area contributed by atoms with Gasteiger partial charge in [-0.15, -0.1) is 0 Å². The van der Waals surface area contributed by atoms with E-state index in [-0.39, 0.29) is 4.90 Å². The van der Waals surface area contributed by atoms with Gasteiger partial charge in [0, 0.05) is 30.7 Å². The Morgan fingerprint density at radius 2 is 1.58 bits per heavy atom. The van der Waals surface area contributed by atoms with E-state index in [1.165, 1.54) is 44.9 Å². The summed E-state index contributed by atoms with van der Waals surface area (Å²) in [4.78, 5) is 0.253. The fraction of sp³-hybridized carbons (Fsp3) is 0.407. The van der Waals surface area contributed by atoms with Crippen molar-refractivity contribution in [3.63, 3.8) is 0 Å². The summed E-state index contributed by atoms with van der Waals surface area (Å²) in [6.07, 6.45) is 13.2. The van der Waals surface area contributed by atoms with Crippen LogP contribution in [0, 0.1) is 5.92 Å². The largest absolute Gasteiger partial charge is 0.324 e. The summed E-state index contributed by atoms with van der Waals surface area (Å²) >= 11 is 0. The molecule has 0 aliphatic heterocycles. The normalized spacial score (nSPS) is 16.3. The lowest BCUT2D eigenvalue weighted by molar-refractivity contribution is 0.363. The zero-order chi connectivity index (χ0) is 23.1. The lowest BCUT2D eigenvalue weighted by Gasteiger charge is -2.21. The molecule has 1 aliphatic rings. The Morgan fingerprint density at radius 1 is 0.909 bits per heavy atom. The van der Waals surface area contributed by atoms with Crippen molar-refractivity contribution in [2.75, 3.05) is 4.72 Å². The summed E-state index contributed by atoms with van der Waals surface area (Å²) in [5, 5.41) is 3.62. The molecular weight excluding hydrogens is 430 g/mol. The molecule has 1 aromatic heterocycles. The van der Waals surface area contributed by atoms with Crippen molar-refractivity contribution in [1.82, 2.24) is 9.88 Å². The highest BCUT2D eigenvalue weighted by Gasteiger charge is 2.18. The van der Waals surface area contributed by atoms with E-state index in [2.05, 4.69) is 17.0 Å². The Kier molecular flexibility index (Phi) is 7.89. The molecule has 0 radical (unpaired) electrons. The molecule has 4 rings (SSSR count). The van der Waals surface area contributed by atoms with E-state index in [1.807, 2.05) is 65.5 Å². The topological polar surface area (TPSA) is 63.1 Å². The van der Waals surface area contributed by atoms with Crippen molar-refractivity contribution in [2.24, 2.45) is 5.92 Å². The smallest absolute Gasteiger partial charge is 0.261 e. The van der Waals surface area contributed by atoms with Crippen LogP contribution in [0.1, 0.15) is 57.4 Å². The highest BCUT2D eigenvalue weighted by atomic mass is 32.2. The fourth-order valence-corrected chi connectivity index (χ4v) is 5.85. The second kappa shape index (κ2) is 11.0. The van der Waals surface area contributed by atoms with Gasteiger partial charge in [0.15, 0.2) is 0 Å². The van der Waals surface area contributed by atoms with E-state index in [0.29, 0.717) is 18.3 Å². The van der Waals surface area contributed by atoms with Gasteiger partial charge in [-0.1, -0.05) is 56.7 Å². The first-order valence-corrected chi connectivity index (χ1v) is 13.6. The third-order valence-corrected chi connectivity index (χ3v) is 8.00. The van der Waals surface area contributed by atoms with Crippen LogP contribution in [0.15, 0.2) is 78.0 Å². The summed E-state index contributed by atoms with van der Waals surface area (Å²) in [7, 11) is -3.67. The molecule has 1 aliphatic carbocycles. The molecule has 5 nitrogen and oxygen atoms in total. The van der Waals surface area contributed by atoms with E-state index >= 15 is 0 Å². The van der Waals surface area contributed by atoms with Gasteiger partial charge in [0.1, 0.15) is 0 Å². The Labute approximate surface area is 198 Å². The van der Waals surface area contributed by atoms with Crippen molar-refractivity contribution in [3.8, 4) is 5.69 Å². The van der Waals surface area contributed by atoms with Crippen molar-refractivity contribution in [1.29, 1.82) is 0 Å². The molecule has 33 heavy (non-hydrogen) atoms. The van der Waals surface area contributed by atoms with Gasteiger partial charge in [0.05, 0.1) is 10.6 Å².